The van der Waals surface area contributed by atoms with Gasteiger partial charge >= 0.3 is 0 Å². The van der Waals surface area contributed by atoms with E-state index >= 15 is 0 Å². The summed E-state index contributed by atoms with van der Waals surface area (Å²) in [7, 11) is 0. The molecule has 3 unspecified atom stereocenters. The minimum absolute atomic E-state index is 0.637. The van der Waals surface area contributed by atoms with Crippen LogP contribution in [0.5, 0.6) is 0 Å². The molecule has 3 atom stereocenters. The van der Waals surface area contributed by atoms with E-state index in [1.165, 1.54) is 57.2 Å². The van der Waals surface area contributed by atoms with E-state index in [4.69, 9.17) is 5.73 Å². The normalized spacial score (nSPS) is 28.2. The lowest BCUT2D eigenvalue weighted by molar-refractivity contribution is 0.178. The molecule has 1 aromatic rings. The summed E-state index contributed by atoms with van der Waals surface area (Å²) in [6.45, 7) is 4.95. The van der Waals surface area contributed by atoms with Gasteiger partial charge in [0.25, 0.3) is 0 Å². The lowest BCUT2D eigenvalue weighted by Gasteiger charge is -2.32. The van der Waals surface area contributed by atoms with E-state index in [9.17, 15) is 0 Å². The van der Waals surface area contributed by atoms with E-state index in [1.807, 2.05) is 12.1 Å². The zero-order chi connectivity index (χ0) is 13.9. The third-order valence-corrected chi connectivity index (χ3v) is 5.48. The molecule has 0 bridgehead atoms. The average Bonchev–Trinajstić information content (AvgIpc) is 2.89. The molecule has 20 heavy (non-hydrogen) atoms. The number of nitrogens with zero attached hydrogens (tertiary/aromatic N) is 1. The van der Waals surface area contributed by atoms with E-state index in [0.717, 1.165) is 17.6 Å². The molecule has 0 amide bonds. The van der Waals surface area contributed by atoms with Crippen molar-refractivity contribution in [3.63, 3.8) is 0 Å². The minimum Gasteiger partial charge on any atom is -0.399 e. The Bertz CT molecular complexity index is 426. The second kappa shape index (κ2) is 6.17. The van der Waals surface area contributed by atoms with Crippen molar-refractivity contribution >= 4 is 5.69 Å². The summed E-state index contributed by atoms with van der Waals surface area (Å²) in [5.41, 5.74) is 8.06. The maximum absolute atomic E-state index is 5.77. The van der Waals surface area contributed by atoms with Crippen molar-refractivity contribution in [1.82, 2.24) is 4.90 Å². The molecule has 0 aromatic heterocycles. The second-order valence-corrected chi connectivity index (χ2v) is 6.79. The monoisotopic (exact) mass is 272 g/mol. The molecule has 1 saturated heterocycles. The van der Waals surface area contributed by atoms with Crippen molar-refractivity contribution in [1.29, 1.82) is 0 Å². The number of likely N-dealkylation sites (tertiary alicyclic amines) is 1. The number of hydrogen-bond acceptors (Lipinski definition) is 2. The van der Waals surface area contributed by atoms with Gasteiger partial charge in [-0.25, -0.2) is 0 Å². The van der Waals surface area contributed by atoms with E-state index in [1.54, 1.807) is 0 Å². The summed E-state index contributed by atoms with van der Waals surface area (Å²) >= 11 is 0. The summed E-state index contributed by atoms with van der Waals surface area (Å²) < 4.78 is 0. The lowest BCUT2D eigenvalue weighted by atomic mass is 9.85. The van der Waals surface area contributed by atoms with Gasteiger partial charge in [-0.3, -0.25) is 0 Å². The highest BCUT2D eigenvalue weighted by Crippen LogP contribution is 2.36. The van der Waals surface area contributed by atoms with Crippen LogP contribution in [0.2, 0.25) is 0 Å². The fraction of sp³-hybridized carbons (Fsp3) is 0.667. The molecule has 2 fully saturated rings. The van der Waals surface area contributed by atoms with E-state index in [-0.39, 0.29) is 0 Å². The number of nitrogens with two attached hydrogens (primary N) is 1. The molecule has 2 heteroatoms. The Kier molecular flexibility index (Phi) is 4.30. The summed E-state index contributed by atoms with van der Waals surface area (Å²) in [6.07, 6.45) is 8.56. The predicted molar refractivity (Wildman–Crippen MR) is 85.8 cm³/mol. The van der Waals surface area contributed by atoms with Crippen LogP contribution in [0.15, 0.2) is 24.3 Å². The zero-order valence-electron chi connectivity index (χ0n) is 12.7. The molecule has 1 aliphatic carbocycles. The first kappa shape index (κ1) is 13.9. The Morgan fingerprint density at radius 3 is 2.70 bits per heavy atom. The Hall–Kier alpha value is -1.02. The molecular formula is C18H28N2. The number of nitrogen functional groups attached to an aromatic ring is 1. The van der Waals surface area contributed by atoms with Crippen LogP contribution in [-0.4, -0.2) is 24.0 Å². The summed E-state index contributed by atoms with van der Waals surface area (Å²) in [5, 5.41) is 0. The van der Waals surface area contributed by atoms with Gasteiger partial charge in [0.1, 0.15) is 0 Å². The first-order chi connectivity index (χ1) is 9.74. The number of benzene rings is 1. The van der Waals surface area contributed by atoms with Crippen molar-refractivity contribution in [2.75, 3.05) is 18.8 Å². The molecule has 1 saturated carbocycles. The molecular weight excluding hydrogens is 244 g/mol. The van der Waals surface area contributed by atoms with Gasteiger partial charge in [0, 0.05) is 11.7 Å². The molecule has 110 valence electrons. The van der Waals surface area contributed by atoms with Crippen LogP contribution in [0.3, 0.4) is 0 Å². The molecule has 2 aliphatic rings. The van der Waals surface area contributed by atoms with Crippen molar-refractivity contribution in [3.8, 4) is 0 Å². The molecule has 2 N–H and O–H groups in total. The first-order valence-corrected chi connectivity index (χ1v) is 8.33. The van der Waals surface area contributed by atoms with Crippen LogP contribution in [0.1, 0.15) is 56.9 Å². The maximum Gasteiger partial charge on any atom is 0.0314 e. The first-order valence-electron chi connectivity index (χ1n) is 8.33. The van der Waals surface area contributed by atoms with Gasteiger partial charge in [0.2, 0.25) is 0 Å². The van der Waals surface area contributed by atoms with Gasteiger partial charge in [-0.2, -0.15) is 0 Å². The standard InChI is InChI=1S/C18H28N2/c1-14(15-6-8-17(19)9-7-15)10-12-20-13-11-16-4-2-3-5-18(16)20/h6-9,14,16,18H,2-5,10-13,19H2,1H3. The van der Waals surface area contributed by atoms with E-state index in [0.29, 0.717) is 5.92 Å². The van der Waals surface area contributed by atoms with E-state index in [2.05, 4.69) is 24.0 Å². The van der Waals surface area contributed by atoms with Gasteiger partial charge in [0.05, 0.1) is 0 Å². The van der Waals surface area contributed by atoms with Gasteiger partial charge in [0.15, 0.2) is 0 Å². The fourth-order valence-corrected chi connectivity index (χ4v) is 4.13. The van der Waals surface area contributed by atoms with Crippen molar-refractivity contribution in [2.45, 2.75) is 57.4 Å². The van der Waals surface area contributed by atoms with Crippen LogP contribution < -0.4 is 5.73 Å². The Morgan fingerprint density at radius 1 is 1.15 bits per heavy atom. The van der Waals surface area contributed by atoms with Crippen LogP contribution in [0.25, 0.3) is 0 Å². The van der Waals surface area contributed by atoms with Gasteiger partial charge in [-0.05, 0) is 68.3 Å². The minimum atomic E-state index is 0.637. The topological polar surface area (TPSA) is 29.3 Å². The Labute approximate surface area is 123 Å². The van der Waals surface area contributed by atoms with E-state index < -0.39 is 0 Å². The number of fused-ring (bicyclic) bond motifs is 1. The number of anilines is 1. The quantitative estimate of drug-likeness (QED) is 0.839. The van der Waals surface area contributed by atoms with Crippen LogP contribution in [0.4, 0.5) is 5.69 Å². The highest BCUT2D eigenvalue weighted by Gasteiger charge is 2.35. The predicted octanol–water partition coefficient (Wildman–Crippen LogP) is 4.03. The van der Waals surface area contributed by atoms with Crippen LogP contribution in [0, 0.1) is 5.92 Å². The summed E-state index contributed by atoms with van der Waals surface area (Å²) in [6, 6.07) is 9.33. The largest absolute Gasteiger partial charge is 0.399 e. The SMILES string of the molecule is CC(CCN1CCC2CCCCC21)c1ccc(N)cc1. The smallest absolute Gasteiger partial charge is 0.0314 e. The van der Waals surface area contributed by atoms with Crippen LogP contribution >= 0.6 is 0 Å². The highest BCUT2D eigenvalue weighted by molar-refractivity contribution is 5.40. The molecule has 1 aliphatic heterocycles. The summed E-state index contributed by atoms with van der Waals surface area (Å²) in [4.78, 5) is 2.78. The maximum atomic E-state index is 5.77. The van der Waals surface area contributed by atoms with Crippen LogP contribution in [-0.2, 0) is 0 Å². The molecule has 0 spiro atoms. The van der Waals surface area contributed by atoms with Gasteiger partial charge in [-0.15, -0.1) is 0 Å². The number of hydrogen-bond donors (Lipinski definition) is 1. The van der Waals surface area contributed by atoms with Crippen molar-refractivity contribution in [2.24, 2.45) is 5.92 Å². The highest BCUT2D eigenvalue weighted by atomic mass is 15.2. The third kappa shape index (κ3) is 3.01. The molecule has 2 nitrogen and oxygen atoms in total. The molecule has 1 aromatic carbocycles. The fourth-order valence-electron chi connectivity index (χ4n) is 4.13. The Morgan fingerprint density at radius 2 is 1.90 bits per heavy atom. The van der Waals surface area contributed by atoms with Crippen molar-refractivity contribution < 1.29 is 0 Å². The Balaban J connectivity index is 1.52. The average molecular weight is 272 g/mol. The number of rotatable bonds is 4. The van der Waals surface area contributed by atoms with Gasteiger partial charge < -0.3 is 10.6 Å². The molecule has 0 radical (unpaired) electrons. The van der Waals surface area contributed by atoms with Crippen molar-refractivity contribution in [3.05, 3.63) is 29.8 Å². The van der Waals surface area contributed by atoms with Gasteiger partial charge in [-0.1, -0.05) is 31.9 Å². The third-order valence-electron chi connectivity index (χ3n) is 5.48. The molecule has 1 heterocycles. The zero-order valence-corrected chi connectivity index (χ0v) is 12.7. The molecule has 3 rings (SSSR count). The lowest BCUT2D eigenvalue weighted by Crippen LogP contribution is -2.35. The summed E-state index contributed by atoms with van der Waals surface area (Å²) in [5.74, 6) is 1.65. The second-order valence-electron chi connectivity index (χ2n) is 6.79.